The zero-order valence-corrected chi connectivity index (χ0v) is 13.8. The van der Waals surface area contributed by atoms with Crippen LogP contribution >= 0.6 is 11.6 Å². The Morgan fingerprint density at radius 3 is 2.27 bits per heavy atom. The van der Waals surface area contributed by atoms with E-state index in [0.717, 1.165) is 16.8 Å². The van der Waals surface area contributed by atoms with Crippen molar-refractivity contribution in [1.82, 2.24) is 0 Å². The van der Waals surface area contributed by atoms with Gasteiger partial charge in [0, 0.05) is 10.7 Å². The largest absolute Gasteiger partial charge is 0.481 e. The van der Waals surface area contributed by atoms with Gasteiger partial charge < -0.3 is 10.1 Å². The zero-order chi connectivity index (χ0) is 16.1. The third kappa shape index (κ3) is 4.50. The molecular formula is C18H20ClNO2. The lowest BCUT2D eigenvalue weighted by molar-refractivity contribution is -0.122. The van der Waals surface area contributed by atoms with E-state index >= 15 is 0 Å². The molecule has 2 rings (SSSR count). The Bertz CT molecular complexity index is 632. The lowest BCUT2D eigenvalue weighted by Crippen LogP contribution is -2.32. The molecule has 0 bridgehead atoms. The number of nitrogens with one attached hydrogen (secondary N) is 1. The average molecular weight is 318 g/mol. The molecule has 4 heteroatoms. The van der Waals surface area contributed by atoms with Crippen molar-refractivity contribution < 1.29 is 9.53 Å². The van der Waals surface area contributed by atoms with Crippen LogP contribution in [0.3, 0.4) is 0 Å². The van der Waals surface area contributed by atoms with Gasteiger partial charge in [-0.15, -0.1) is 0 Å². The Kier molecular flexibility index (Phi) is 5.45. The van der Waals surface area contributed by atoms with Gasteiger partial charge in [-0.25, -0.2) is 0 Å². The van der Waals surface area contributed by atoms with Crippen LogP contribution in [0.1, 0.15) is 24.5 Å². The normalized spacial score (nSPS) is 11.8. The summed E-state index contributed by atoms with van der Waals surface area (Å²) in [7, 11) is 0. The van der Waals surface area contributed by atoms with E-state index in [1.54, 1.807) is 24.3 Å². The molecule has 0 radical (unpaired) electrons. The number of amides is 1. The van der Waals surface area contributed by atoms with Crippen LogP contribution in [0.2, 0.25) is 5.02 Å². The first-order chi connectivity index (χ1) is 10.5. The summed E-state index contributed by atoms with van der Waals surface area (Å²) in [5.74, 6) is 0.481. The number of ether oxygens (including phenoxy) is 1. The summed E-state index contributed by atoms with van der Waals surface area (Å²) in [5, 5.41) is 3.56. The highest BCUT2D eigenvalue weighted by Gasteiger charge is 2.18. The van der Waals surface area contributed by atoms with Crippen molar-refractivity contribution in [3.63, 3.8) is 0 Å². The minimum atomic E-state index is -0.540. The molecule has 1 amide bonds. The van der Waals surface area contributed by atoms with E-state index in [9.17, 15) is 4.79 Å². The second-order valence-electron chi connectivity index (χ2n) is 5.33. The standard InChI is InChI=1S/C18H20ClNO2/c1-4-17(22-16-7-5-14(19)6-8-16)18(21)20-15-10-12(2)9-13(3)11-15/h5-11,17H,4H2,1-3H3,(H,20,21)/t17-/m1/s1. The van der Waals surface area contributed by atoms with Crippen LogP contribution < -0.4 is 10.1 Å². The number of rotatable bonds is 5. The number of carbonyl (C=O) groups excluding carboxylic acids is 1. The molecule has 0 aliphatic heterocycles. The molecule has 0 heterocycles. The molecule has 116 valence electrons. The van der Waals surface area contributed by atoms with E-state index in [-0.39, 0.29) is 5.91 Å². The molecule has 1 atom stereocenters. The number of aryl methyl sites for hydroxylation is 2. The summed E-state index contributed by atoms with van der Waals surface area (Å²) < 4.78 is 5.74. The minimum absolute atomic E-state index is 0.151. The predicted octanol–water partition coefficient (Wildman–Crippen LogP) is 4.75. The molecule has 0 spiro atoms. The summed E-state index contributed by atoms with van der Waals surface area (Å²) in [4.78, 5) is 12.4. The second-order valence-corrected chi connectivity index (χ2v) is 5.77. The highest BCUT2D eigenvalue weighted by Crippen LogP contribution is 2.19. The summed E-state index contributed by atoms with van der Waals surface area (Å²) in [5.41, 5.74) is 3.02. The van der Waals surface area contributed by atoms with E-state index in [4.69, 9.17) is 16.3 Å². The Hall–Kier alpha value is -2.00. The van der Waals surface area contributed by atoms with Gasteiger partial charge in [0.15, 0.2) is 6.10 Å². The van der Waals surface area contributed by atoms with E-state index < -0.39 is 6.10 Å². The van der Waals surface area contributed by atoms with Crippen molar-refractivity contribution in [3.05, 3.63) is 58.6 Å². The van der Waals surface area contributed by atoms with Gasteiger partial charge in [-0.05, 0) is 67.8 Å². The first-order valence-corrected chi connectivity index (χ1v) is 7.67. The number of carbonyl (C=O) groups is 1. The Morgan fingerprint density at radius 1 is 1.14 bits per heavy atom. The maximum absolute atomic E-state index is 12.4. The topological polar surface area (TPSA) is 38.3 Å². The Morgan fingerprint density at radius 2 is 1.73 bits per heavy atom. The first-order valence-electron chi connectivity index (χ1n) is 7.29. The van der Waals surface area contributed by atoms with Crippen molar-refractivity contribution in [2.75, 3.05) is 5.32 Å². The number of hydrogen-bond acceptors (Lipinski definition) is 2. The van der Waals surface area contributed by atoms with E-state index in [0.29, 0.717) is 17.2 Å². The summed E-state index contributed by atoms with van der Waals surface area (Å²) in [6.45, 7) is 5.93. The molecule has 0 fully saturated rings. The van der Waals surface area contributed by atoms with Crippen molar-refractivity contribution in [2.24, 2.45) is 0 Å². The molecule has 0 saturated carbocycles. The number of benzene rings is 2. The fourth-order valence-electron chi connectivity index (χ4n) is 2.27. The van der Waals surface area contributed by atoms with Crippen LogP contribution in [0.4, 0.5) is 5.69 Å². The van der Waals surface area contributed by atoms with Gasteiger partial charge in [-0.1, -0.05) is 24.6 Å². The van der Waals surface area contributed by atoms with E-state index in [1.165, 1.54) is 0 Å². The van der Waals surface area contributed by atoms with Crippen molar-refractivity contribution >= 4 is 23.2 Å². The van der Waals surface area contributed by atoms with Crippen LogP contribution in [0.5, 0.6) is 5.75 Å². The summed E-state index contributed by atoms with van der Waals surface area (Å²) >= 11 is 5.85. The number of halogens is 1. The molecule has 0 aromatic heterocycles. The average Bonchev–Trinajstić information content (AvgIpc) is 2.45. The Balaban J connectivity index is 2.06. The third-order valence-corrected chi connectivity index (χ3v) is 3.50. The molecule has 0 aliphatic carbocycles. The van der Waals surface area contributed by atoms with Gasteiger partial charge in [0.2, 0.25) is 0 Å². The van der Waals surface area contributed by atoms with Crippen LogP contribution in [0.25, 0.3) is 0 Å². The highest BCUT2D eigenvalue weighted by molar-refractivity contribution is 6.30. The lowest BCUT2D eigenvalue weighted by atomic mass is 10.1. The summed E-state index contributed by atoms with van der Waals surface area (Å²) in [6, 6.07) is 13.0. The van der Waals surface area contributed by atoms with Crippen LogP contribution in [-0.4, -0.2) is 12.0 Å². The smallest absolute Gasteiger partial charge is 0.265 e. The van der Waals surface area contributed by atoms with Gasteiger partial charge in [0.25, 0.3) is 5.91 Å². The molecule has 3 nitrogen and oxygen atoms in total. The third-order valence-electron chi connectivity index (χ3n) is 3.24. The molecule has 2 aromatic rings. The fraction of sp³-hybridized carbons (Fsp3) is 0.278. The van der Waals surface area contributed by atoms with Crippen molar-refractivity contribution in [3.8, 4) is 5.75 Å². The van der Waals surface area contributed by atoms with Crippen LogP contribution in [-0.2, 0) is 4.79 Å². The lowest BCUT2D eigenvalue weighted by Gasteiger charge is -2.17. The van der Waals surface area contributed by atoms with Gasteiger partial charge in [0.05, 0.1) is 0 Å². The van der Waals surface area contributed by atoms with E-state index in [1.807, 2.05) is 32.9 Å². The summed E-state index contributed by atoms with van der Waals surface area (Å²) in [6.07, 6.45) is 0.0428. The first kappa shape index (κ1) is 16.4. The molecule has 22 heavy (non-hydrogen) atoms. The molecule has 0 aliphatic rings. The van der Waals surface area contributed by atoms with Crippen molar-refractivity contribution in [1.29, 1.82) is 0 Å². The molecule has 1 N–H and O–H groups in total. The minimum Gasteiger partial charge on any atom is -0.481 e. The maximum Gasteiger partial charge on any atom is 0.265 e. The quantitative estimate of drug-likeness (QED) is 0.864. The second kappa shape index (κ2) is 7.32. The highest BCUT2D eigenvalue weighted by atomic mass is 35.5. The number of anilines is 1. The van der Waals surface area contributed by atoms with Gasteiger partial charge in [-0.2, -0.15) is 0 Å². The van der Waals surface area contributed by atoms with Gasteiger partial charge in [0.1, 0.15) is 5.75 Å². The molecule has 0 unspecified atom stereocenters. The van der Waals surface area contributed by atoms with Crippen LogP contribution in [0.15, 0.2) is 42.5 Å². The van der Waals surface area contributed by atoms with Gasteiger partial charge in [-0.3, -0.25) is 4.79 Å². The molecule has 0 saturated heterocycles. The number of hydrogen-bond donors (Lipinski definition) is 1. The SMILES string of the molecule is CC[C@@H](Oc1ccc(Cl)cc1)C(=O)Nc1cc(C)cc(C)c1. The maximum atomic E-state index is 12.4. The van der Waals surface area contributed by atoms with Crippen molar-refractivity contribution in [2.45, 2.75) is 33.3 Å². The van der Waals surface area contributed by atoms with Crippen LogP contribution in [0, 0.1) is 13.8 Å². The zero-order valence-electron chi connectivity index (χ0n) is 13.0. The van der Waals surface area contributed by atoms with E-state index in [2.05, 4.69) is 11.4 Å². The van der Waals surface area contributed by atoms with Gasteiger partial charge >= 0.3 is 0 Å². The monoisotopic (exact) mass is 317 g/mol. The predicted molar refractivity (Wildman–Crippen MR) is 90.7 cm³/mol. The molecular weight excluding hydrogens is 298 g/mol. The molecule has 2 aromatic carbocycles. The fourth-order valence-corrected chi connectivity index (χ4v) is 2.40. The Labute approximate surface area is 136 Å².